The molecule has 2 nitrogen and oxygen atoms in total. The van der Waals surface area contributed by atoms with Gasteiger partial charge in [0.2, 0.25) is 0 Å². The van der Waals surface area contributed by atoms with Crippen LogP contribution in [0.25, 0.3) is 0 Å². The summed E-state index contributed by atoms with van der Waals surface area (Å²) in [5, 5.41) is 3.55. The predicted octanol–water partition coefficient (Wildman–Crippen LogP) is 2.83. The van der Waals surface area contributed by atoms with Crippen molar-refractivity contribution in [3.05, 3.63) is 0 Å². The van der Waals surface area contributed by atoms with Crippen molar-refractivity contribution in [3.8, 4) is 0 Å². The summed E-state index contributed by atoms with van der Waals surface area (Å²) in [6.07, 6.45) is 5.61. The zero-order valence-electron chi connectivity index (χ0n) is 10.6. The second-order valence-electron chi connectivity index (χ2n) is 5.20. The van der Waals surface area contributed by atoms with Gasteiger partial charge in [0.1, 0.15) is 0 Å². The molecular weight excluding hydrogens is 186 g/mol. The normalized spacial score (nSPS) is 23.6. The highest BCUT2D eigenvalue weighted by molar-refractivity contribution is 4.71. The third-order valence-corrected chi connectivity index (χ3v) is 3.18. The van der Waals surface area contributed by atoms with Crippen molar-refractivity contribution in [1.29, 1.82) is 0 Å². The van der Waals surface area contributed by atoms with Crippen LogP contribution in [0.1, 0.15) is 46.5 Å². The molecule has 1 N–H and O–H groups in total. The smallest absolute Gasteiger partial charge is 0.0579 e. The largest absolute Gasteiger partial charge is 0.378 e. The van der Waals surface area contributed by atoms with E-state index in [1.54, 1.807) is 0 Å². The number of ether oxygens (including phenoxy) is 1. The van der Waals surface area contributed by atoms with Crippen LogP contribution in [0.15, 0.2) is 0 Å². The minimum atomic E-state index is 0.552. The standard InChI is InChI=1S/C13H27NO/c1-4-12(10-14-9-11(2)3)8-13-6-5-7-15-13/h11-14H,4-10H2,1-3H3. The first-order valence-electron chi connectivity index (χ1n) is 6.54. The Balaban J connectivity index is 2.11. The van der Waals surface area contributed by atoms with Crippen LogP contribution in [-0.2, 0) is 4.74 Å². The van der Waals surface area contributed by atoms with Crippen LogP contribution < -0.4 is 5.32 Å². The molecule has 0 radical (unpaired) electrons. The molecule has 0 saturated carbocycles. The van der Waals surface area contributed by atoms with Gasteiger partial charge in [0.05, 0.1) is 6.10 Å². The third kappa shape index (κ3) is 5.53. The molecule has 1 saturated heterocycles. The lowest BCUT2D eigenvalue weighted by atomic mass is 9.97. The summed E-state index contributed by atoms with van der Waals surface area (Å²) >= 11 is 0. The molecule has 0 aliphatic carbocycles. The predicted molar refractivity (Wildman–Crippen MR) is 65.1 cm³/mol. The Morgan fingerprint density at radius 1 is 1.33 bits per heavy atom. The highest BCUT2D eigenvalue weighted by atomic mass is 16.5. The summed E-state index contributed by atoms with van der Waals surface area (Å²) in [5.74, 6) is 1.55. The fourth-order valence-corrected chi connectivity index (χ4v) is 2.17. The third-order valence-electron chi connectivity index (χ3n) is 3.18. The summed E-state index contributed by atoms with van der Waals surface area (Å²) in [4.78, 5) is 0. The van der Waals surface area contributed by atoms with Crippen LogP contribution >= 0.6 is 0 Å². The van der Waals surface area contributed by atoms with Gasteiger partial charge in [-0.1, -0.05) is 27.2 Å². The molecule has 1 aliphatic rings. The minimum Gasteiger partial charge on any atom is -0.378 e. The molecule has 0 spiro atoms. The Morgan fingerprint density at radius 3 is 2.67 bits per heavy atom. The Morgan fingerprint density at radius 2 is 2.13 bits per heavy atom. The maximum Gasteiger partial charge on any atom is 0.0579 e. The molecule has 0 amide bonds. The molecule has 90 valence electrons. The van der Waals surface area contributed by atoms with Gasteiger partial charge in [0.15, 0.2) is 0 Å². The van der Waals surface area contributed by atoms with Gasteiger partial charge in [-0.2, -0.15) is 0 Å². The van der Waals surface area contributed by atoms with E-state index in [4.69, 9.17) is 4.74 Å². The SMILES string of the molecule is CCC(CNCC(C)C)CC1CCCO1. The average molecular weight is 213 g/mol. The van der Waals surface area contributed by atoms with E-state index in [1.165, 1.54) is 25.7 Å². The van der Waals surface area contributed by atoms with Crippen molar-refractivity contribution in [2.24, 2.45) is 11.8 Å². The lowest BCUT2D eigenvalue weighted by Gasteiger charge is -2.20. The van der Waals surface area contributed by atoms with Crippen molar-refractivity contribution in [2.45, 2.75) is 52.6 Å². The fraction of sp³-hybridized carbons (Fsp3) is 1.00. The number of hydrogen-bond acceptors (Lipinski definition) is 2. The van der Waals surface area contributed by atoms with Crippen LogP contribution in [0, 0.1) is 11.8 Å². The maximum atomic E-state index is 5.68. The van der Waals surface area contributed by atoms with Gasteiger partial charge < -0.3 is 10.1 Å². The summed E-state index contributed by atoms with van der Waals surface area (Å²) < 4.78 is 5.68. The lowest BCUT2D eigenvalue weighted by Crippen LogP contribution is -2.28. The molecule has 2 heteroatoms. The first kappa shape index (κ1) is 13.0. The van der Waals surface area contributed by atoms with Crippen LogP contribution in [0.4, 0.5) is 0 Å². The quantitative estimate of drug-likeness (QED) is 0.702. The van der Waals surface area contributed by atoms with Crippen LogP contribution in [-0.4, -0.2) is 25.8 Å². The van der Waals surface area contributed by atoms with E-state index in [2.05, 4.69) is 26.1 Å². The number of rotatable bonds is 7. The highest BCUT2D eigenvalue weighted by Crippen LogP contribution is 2.21. The first-order valence-corrected chi connectivity index (χ1v) is 6.54. The average Bonchev–Trinajstić information content (AvgIpc) is 2.68. The Hall–Kier alpha value is -0.0800. The van der Waals surface area contributed by atoms with Gasteiger partial charge >= 0.3 is 0 Å². The molecule has 0 bridgehead atoms. The van der Waals surface area contributed by atoms with Crippen molar-refractivity contribution >= 4 is 0 Å². The topological polar surface area (TPSA) is 21.3 Å². The van der Waals surface area contributed by atoms with Gasteiger partial charge in [-0.3, -0.25) is 0 Å². The van der Waals surface area contributed by atoms with E-state index in [0.717, 1.165) is 31.5 Å². The highest BCUT2D eigenvalue weighted by Gasteiger charge is 2.19. The summed E-state index contributed by atoms with van der Waals surface area (Å²) in [6.45, 7) is 10.1. The van der Waals surface area contributed by atoms with Gasteiger partial charge in [0.25, 0.3) is 0 Å². The van der Waals surface area contributed by atoms with E-state index in [9.17, 15) is 0 Å². The van der Waals surface area contributed by atoms with Gasteiger partial charge in [0, 0.05) is 6.61 Å². The van der Waals surface area contributed by atoms with E-state index in [-0.39, 0.29) is 0 Å². The van der Waals surface area contributed by atoms with Crippen molar-refractivity contribution in [2.75, 3.05) is 19.7 Å². The molecule has 1 rings (SSSR count). The summed E-state index contributed by atoms with van der Waals surface area (Å²) in [7, 11) is 0. The number of nitrogens with one attached hydrogen (secondary N) is 1. The van der Waals surface area contributed by atoms with Crippen LogP contribution in [0.2, 0.25) is 0 Å². The van der Waals surface area contributed by atoms with E-state index in [1.807, 2.05) is 0 Å². The Bertz CT molecular complexity index is 153. The van der Waals surface area contributed by atoms with E-state index in [0.29, 0.717) is 6.10 Å². The molecule has 2 unspecified atom stereocenters. The summed E-state index contributed by atoms with van der Waals surface area (Å²) in [5.41, 5.74) is 0. The Kier molecular flexibility index (Phi) is 6.26. The second kappa shape index (κ2) is 7.24. The minimum absolute atomic E-state index is 0.552. The molecule has 1 heterocycles. The molecule has 1 fully saturated rings. The molecule has 2 atom stereocenters. The van der Waals surface area contributed by atoms with Gasteiger partial charge in [-0.05, 0) is 44.2 Å². The molecule has 15 heavy (non-hydrogen) atoms. The van der Waals surface area contributed by atoms with E-state index >= 15 is 0 Å². The molecule has 1 aliphatic heterocycles. The molecule has 0 aromatic heterocycles. The first-order chi connectivity index (χ1) is 7.22. The van der Waals surface area contributed by atoms with Crippen molar-refractivity contribution < 1.29 is 4.74 Å². The Labute approximate surface area is 94.8 Å². The van der Waals surface area contributed by atoms with E-state index < -0.39 is 0 Å². The van der Waals surface area contributed by atoms with Crippen LogP contribution in [0.5, 0.6) is 0 Å². The second-order valence-corrected chi connectivity index (χ2v) is 5.20. The zero-order chi connectivity index (χ0) is 11.1. The van der Waals surface area contributed by atoms with Crippen molar-refractivity contribution in [3.63, 3.8) is 0 Å². The monoisotopic (exact) mass is 213 g/mol. The lowest BCUT2D eigenvalue weighted by molar-refractivity contribution is 0.0886. The number of hydrogen-bond donors (Lipinski definition) is 1. The summed E-state index contributed by atoms with van der Waals surface area (Å²) in [6, 6.07) is 0. The molecular formula is C13H27NO. The van der Waals surface area contributed by atoms with Gasteiger partial charge in [-0.15, -0.1) is 0 Å². The van der Waals surface area contributed by atoms with Gasteiger partial charge in [-0.25, -0.2) is 0 Å². The molecule has 0 aromatic carbocycles. The molecule has 0 aromatic rings. The fourth-order valence-electron chi connectivity index (χ4n) is 2.17. The maximum absolute atomic E-state index is 5.68. The zero-order valence-corrected chi connectivity index (χ0v) is 10.6. The van der Waals surface area contributed by atoms with Crippen LogP contribution in [0.3, 0.4) is 0 Å². The van der Waals surface area contributed by atoms with Crippen molar-refractivity contribution in [1.82, 2.24) is 5.32 Å².